The molecule has 1 aliphatic heterocycles. The van der Waals surface area contributed by atoms with Gasteiger partial charge in [-0.25, -0.2) is 14.6 Å². The van der Waals surface area contributed by atoms with Gasteiger partial charge >= 0.3 is 12.1 Å². The molecule has 2 heterocycles. The predicted molar refractivity (Wildman–Crippen MR) is 71.8 cm³/mol. The van der Waals surface area contributed by atoms with Crippen LogP contribution < -0.4 is 4.90 Å². The number of ether oxygens (including phenoxy) is 2. The van der Waals surface area contributed by atoms with Crippen LogP contribution in [0.5, 0.6) is 0 Å². The highest BCUT2D eigenvalue weighted by molar-refractivity contribution is 5.94. The van der Waals surface area contributed by atoms with E-state index in [4.69, 9.17) is 9.47 Å². The third-order valence-corrected chi connectivity index (χ3v) is 2.87. The number of rotatable bonds is 5. The summed E-state index contributed by atoms with van der Waals surface area (Å²) in [7, 11) is 3.61. The molecule has 1 aromatic heterocycles. The maximum atomic E-state index is 12.0. The quantitative estimate of drug-likeness (QED) is 0.741. The number of cyclic esters (lactones) is 1. The largest absolute Gasteiger partial charge is 0.460 e. The number of anilines is 1. The van der Waals surface area contributed by atoms with Gasteiger partial charge in [0.25, 0.3) is 0 Å². The van der Waals surface area contributed by atoms with Crippen LogP contribution in [-0.4, -0.2) is 62.3 Å². The summed E-state index contributed by atoms with van der Waals surface area (Å²) in [5.74, 6) is 0.104. The lowest BCUT2D eigenvalue weighted by Crippen LogP contribution is -2.29. The molecule has 0 unspecified atom stereocenters. The molecule has 0 atom stereocenters. The van der Waals surface area contributed by atoms with Crippen LogP contribution in [0.4, 0.5) is 10.6 Å². The molecule has 0 spiro atoms. The summed E-state index contributed by atoms with van der Waals surface area (Å²) in [6.07, 6.45) is 1.25. The molecule has 7 heteroatoms. The Morgan fingerprint density at radius 2 is 2.35 bits per heavy atom. The predicted octanol–water partition coefficient (Wildman–Crippen LogP) is 0.757. The molecule has 1 aliphatic rings. The molecule has 0 bridgehead atoms. The van der Waals surface area contributed by atoms with Crippen molar-refractivity contribution in [3.8, 4) is 0 Å². The lowest BCUT2D eigenvalue weighted by atomic mass is 10.2. The van der Waals surface area contributed by atoms with E-state index in [1.807, 2.05) is 0 Å². The number of carbonyl (C=O) groups is 2. The summed E-state index contributed by atoms with van der Waals surface area (Å²) in [6.45, 7) is 1.39. The van der Waals surface area contributed by atoms with Gasteiger partial charge in [-0.3, -0.25) is 0 Å². The highest BCUT2D eigenvalue weighted by atomic mass is 16.6. The second kappa shape index (κ2) is 6.23. The molecule has 1 aromatic rings. The zero-order valence-corrected chi connectivity index (χ0v) is 11.5. The lowest BCUT2D eigenvalue weighted by molar-refractivity contribution is 0.0477. The van der Waals surface area contributed by atoms with E-state index in [0.717, 1.165) is 0 Å². The minimum Gasteiger partial charge on any atom is -0.460 e. The zero-order chi connectivity index (χ0) is 14.5. The van der Waals surface area contributed by atoms with Gasteiger partial charge in [-0.15, -0.1) is 0 Å². The third kappa shape index (κ3) is 3.17. The Labute approximate surface area is 117 Å². The van der Waals surface area contributed by atoms with Crippen LogP contribution in [0.25, 0.3) is 0 Å². The first kappa shape index (κ1) is 14.1. The maximum Gasteiger partial charge on any atom is 0.410 e. The Hall–Kier alpha value is -2.31. The number of hydrogen-bond acceptors (Lipinski definition) is 6. The standard InChI is InChI=1S/C13H17N3O4/c1-15(2)11-10(4-3-5-14-11)12(17)19-8-6-16-7-9-20-13(16)18/h3-5H,6-9H2,1-2H3. The number of hydrogen-bond donors (Lipinski definition) is 0. The van der Waals surface area contributed by atoms with E-state index in [1.165, 1.54) is 4.90 Å². The van der Waals surface area contributed by atoms with Crippen molar-refractivity contribution in [1.82, 2.24) is 9.88 Å². The van der Waals surface area contributed by atoms with Crippen molar-refractivity contribution in [2.75, 3.05) is 45.3 Å². The highest BCUT2D eigenvalue weighted by Crippen LogP contribution is 2.15. The van der Waals surface area contributed by atoms with E-state index >= 15 is 0 Å². The molecule has 0 saturated carbocycles. The number of aromatic nitrogens is 1. The molecular formula is C13H17N3O4. The number of pyridine rings is 1. The topological polar surface area (TPSA) is 72.0 Å². The Balaban J connectivity index is 1.90. The van der Waals surface area contributed by atoms with E-state index in [2.05, 4.69) is 4.98 Å². The highest BCUT2D eigenvalue weighted by Gasteiger charge is 2.22. The van der Waals surface area contributed by atoms with Crippen LogP contribution >= 0.6 is 0 Å². The molecule has 1 saturated heterocycles. The summed E-state index contributed by atoms with van der Waals surface area (Å²) in [5.41, 5.74) is 0.404. The van der Waals surface area contributed by atoms with Crippen LogP contribution in [0.1, 0.15) is 10.4 Å². The molecule has 7 nitrogen and oxygen atoms in total. The fourth-order valence-electron chi connectivity index (χ4n) is 1.87. The van der Waals surface area contributed by atoms with Gasteiger partial charge in [0.1, 0.15) is 24.6 Å². The van der Waals surface area contributed by atoms with E-state index in [1.54, 1.807) is 37.3 Å². The second-order valence-electron chi connectivity index (χ2n) is 4.51. The Kier molecular flexibility index (Phi) is 4.39. The first-order valence-corrected chi connectivity index (χ1v) is 6.31. The molecule has 20 heavy (non-hydrogen) atoms. The first-order valence-electron chi connectivity index (χ1n) is 6.31. The average molecular weight is 279 g/mol. The van der Waals surface area contributed by atoms with E-state index in [9.17, 15) is 9.59 Å². The van der Waals surface area contributed by atoms with Gasteiger partial charge in [-0.2, -0.15) is 0 Å². The van der Waals surface area contributed by atoms with E-state index < -0.39 is 5.97 Å². The van der Waals surface area contributed by atoms with Crippen molar-refractivity contribution in [3.05, 3.63) is 23.9 Å². The van der Waals surface area contributed by atoms with Gasteiger partial charge < -0.3 is 19.3 Å². The van der Waals surface area contributed by atoms with Gasteiger partial charge in [0.15, 0.2) is 0 Å². The van der Waals surface area contributed by atoms with Gasteiger partial charge in [0, 0.05) is 20.3 Å². The summed E-state index contributed by atoms with van der Waals surface area (Å²) in [5, 5.41) is 0. The maximum absolute atomic E-state index is 12.0. The van der Waals surface area contributed by atoms with Crippen molar-refractivity contribution in [2.45, 2.75) is 0 Å². The fourth-order valence-corrected chi connectivity index (χ4v) is 1.87. The second-order valence-corrected chi connectivity index (χ2v) is 4.51. The minimum absolute atomic E-state index is 0.135. The van der Waals surface area contributed by atoms with Gasteiger partial charge in [0.05, 0.1) is 13.1 Å². The Morgan fingerprint density at radius 1 is 1.55 bits per heavy atom. The van der Waals surface area contributed by atoms with Crippen LogP contribution in [0, 0.1) is 0 Å². The smallest absolute Gasteiger partial charge is 0.410 e. The summed E-state index contributed by atoms with van der Waals surface area (Å²) >= 11 is 0. The SMILES string of the molecule is CN(C)c1ncccc1C(=O)OCCN1CCOC1=O. The number of esters is 1. The number of nitrogens with zero attached hydrogens (tertiary/aromatic N) is 3. The summed E-state index contributed by atoms with van der Waals surface area (Å²) in [6, 6.07) is 3.34. The molecular weight excluding hydrogens is 262 g/mol. The molecule has 0 N–H and O–H groups in total. The van der Waals surface area contributed by atoms with Crippen molar-refractivity contribution in [1.29, 1.82) is 0 Å². The number of amides is 1. The van der Waals surface area contributed by atoms with Crippen LogP contribution in [0.2, 0.25) is 0 Å². The molecule has 0 aromatic carbocycles. The molecule has 2 rings (SSSR count). The van der Waals surface area contributed by atoms with Crippen LogP contribution in [0.3, 0.4) is 0 Å². The van der Waals surface area contributed by atoms with Gasteiger partial charge in [0.2, 0.25) is 0 Å². The number of carbonyl (C=O) groups excluding carboxylic acids is 2. The molecule has 1 amide bonds. The van der Waals surface area contributed by atoms with Crippen molar-refractivity contribution < 1.29 is 19.1 Å². The van der Waals surface area contributed by atoms with Crippen molar-refractivity contribution >= 4 is 17.9 Å². The van der Waals surface area contributed by atoms with Gasteiger partial charge in [-0.1, -0.05) is 0 Å². The monoisotopic (exact) mass is 279 g/mol. The van der Waals surface area contributed by atoms with E-state index in [0.29, 0.717) is 31.1 Å². The molecule has 108 valence electrons. The van der Waals surface area contributed by atoms with Crippen molar-refractivity contribution in [3.63, 3.8) is 0 Å². The zero-order valence-electron chi connectivity index (χ0n) is 11.5. The minimum atomic E-state index is -0.450. The summed E-state index contributed by atoms with van der Waals surface area (Å²) < 4.78 is 9.96. The van der Waals surface area contributed by atoms with Gasteiger partial charge in [-0.05, 0) is 12.1 Å². The average Bonchev–Trinajstić information content (AvgIpc) is 2.84. The molecule has 0 radical (unpaired) electrons. The fraction of sp³-hybridized carbons (Fsp3) is 0.462. The third-order valence-electron chi connectivity index (χ3n) is 2.87. The normalized spacial score (nSPS) is 14.1. The Morgan fingerprint density at radius 3 is 3.00 bits per heavy atom. The summed E-state index contributed by atoms with van der Waals surface area (Å²) in [4.78, 5) is 30.6. The Bertz CT molecular complexity index is 504. The van der Waals surface area contributed by atoms with Crippen LogP contribution in [0.15, 0.2) is 18.3 Å². The first-order chi connectivity index (χ1) is 9.59. The lowest BCUT2D eigenvalue weighted by Gasteiger charge is -2.16. The van der Waals surface area contributed by atoms with Crippen LogP contribution in [-0.2, 0) is 9.47 Å². The molecule has 1 fully saturated rings. The van der Waals surface area contributed by atoms with Crippen molar-refractivity contribution in [2.24, 2.45) is 0 Å². The molecule has 0 aliphatic carbocycles. The van der Waals surface area contributed by atoms with E-state index in [-0.39, 0.29) is 12.7 Å².